The number of aryl methyl sites for hydroxylation is 1. The van der Waals surface area contributed by atoms with Gasteiger partial charge in [-0.2, -0.15) is 5.26 Å². The minimum absolute atomic E-state index is 0.0426. The van der Waals surface area contributed by atoms with Gasteiger partial charge in [0.25, 0.3) is 5.91 Å². The number of nitriles is 1. The Bertz CT molecular complexity index is 581. The molecule has 2 heterocycles. The molecular weight excluding hydrogens is 284 g/mol. The van der Waals surface area contributed by atoms with Crippen molar-refractivity contribution < 1.29 is 14.6 Å². The number of nitrogens with one attached hydrogen (secondary N) is 3. The molecule has 1 aromatic heterocycles. The number of anilines is 1. The lowest BCUT2D eigenvalue weighted by atomic mass is 10.1. The molecule has 0 bridgehead atoms. The summed E-state index contributed by atoms with van der Waals surface area (Å²) in [6.45, 7) is 4.86. The maximum atomic E-state index is 12.2. The van der Waals surface area contributed by atoms with Crippen molar-refractivity contribution in [2.75, 3.05) is 45.1 Å². The van der Waals surface area contributed by atoms with Gasteiger partial charge in [0.05, 0.1) is 12.6 Å². The average molecular weight is 306 g/mol. The summed E-state index contributed by atoms with van der Waals surface area (Å²) in [5.41, 5.74) is 1.88. The minimum Gasteiger partial charge on any atom is -0.328 e. The lowest BCUT2D eigenvalue weighted by molar-refractivity contribution is -0.999. The highest BCUT2D eigenvalue weighted by Crippen LogP contribution is 2.38. The van der Waals surface area contributed by atoms with E-state index in [2.05, 4.69) is 18.4 Å². The zero-order valence-electron chi connectivity index (χ0n) is 12.4. The van der Waals surface area contributed by atoms with Gasteiger partial charge in [-0.05, 0) is 24.8 Å². The molecule has 1 saturated heterocycles. The van der Waals surface area contributed by atoms with Gasteiger partial charge in [0.1, 0.15) is 37.2 Å². The van der Waals surface area contributed by atoms with Crippen molar-refractivity contribution in [1.82, 2.24) is 0 Å². The van der Waals surface area contributed by atoms with Crippen LogP contribution >= 0.6 is 11.3 Å². The van der Waals surface area contributed by atoms with Gasteiger partial charge in [0.2, 0.25) is 0 Å². The van der Waals surface area contributed by atoms with E-state index in [1.807, 2.05) is 0 Å². The fourth-order valence-electron chi connectivity index (χ4n) is 3.22. The second-order valence-electron chi connectivity index (χ2n) is 6.11. The predicted octanol–water partition coefficient (Wildman–Crippen LogP) is -1.54. The third kappa shape index (κ3) is 3.10. The summed E-state index contributed by atoms with van der Waals surface area (Å²) in [5, 5.41) is 13.1. The zero-order valence-corrected chi connectivity index (χ0v) is 13.2. The van der Waals surface area contributed by atoms with E-state index in [0.29, 0.717) is 12.1 Å². The number of thiophene rings is 1. The maximum Gasteiger partial charge on any atom is 0.280 e. The van der Waals surface area contributed by atoms with Crippen LogP contribution in [0.2, 0.25) is 0 Å². The first-order chi connectivity index (χ1) is 10.2. The first-order valence-corrected chi connectivity index (χ1v) is 8.48. The number of hydrogen-bond donors (Lipinski definition) is 3. The normalized spacial score (nSPS) is 24.4. The van der Waals surface area contributed by atoms with E-state index in [0.717, 1.165) is 50.4 Å². The molecule has 0 aromatic carbocycles. The molecule has 1 aromatic rings. The highest BCUT2D eigenvalue weighted by atomic mass is 32.1. The standard InChI is InChI=1S/C15H20N4OS/c1-18-5-7-19(8-6-18)10-14(20)17-15-12(9-16)11-3-2-4-13(11)21-15/h2-8,10H2,1H3,(H,17,20)/p+2. The number of hydrogen-bond acceptors (Lipinski definition) is 3. The summed E-state index contributed by atoms with van der Waals surface area (Å²) in [6, 6.07) is 2.28. The summed E-state index contributed by atoms with van der Waals surface area (Å²) in [5.74, 6) is 0.0426. The Morgan fingerprint density at radius 3 is 2.81 bits per heavy atom. The molecule has 1 aliphatic carbocycles. The van der Waals surface area contributed by atoms with E-state index >= 15 is 0 Å². The van der Waals surface area contributed by atoms with Crippen molar-refractivity contribution in [2.45, 2.75) is 19.3 Å². The van der Waals surface area contributed by atoms with E-state index in [1.165, 1.54) is 15.3 Å². The second kappa shape index (κ2) is 6.14. The molecule has 1 fully saturated rings. The number of amides is 1. The first-order valence-electron chi connectivity index (χ1n) is 7.66. The fourth-order valence-corrected chi connectivity index (χ4v) is 4.47. The van der Waals surface area contributed by atoms with Crippen molar-refractivity contribution >= 4 is 22.2 Å². The van der Waals surface area contributed by atoms with E-state index in [4.69, 9.17) is 0 Å². The topological polar surface area (TPSA) is 61.8 Å². The maximum absolute atomic E-state index is 12.2. The lowest BCUT2D eigenvalue weighted by Crippen LogP contribution is -3.27. The molecule has 1 amide bonds. The highest BCUT2D eigenvalue weighted by molar-refractivity contribution is 7.16. The second-order valence-corrected chi connectivity index (χ2v) is 7.21. The minimum atomic E-state index is 0.0426. The Kier molecular flexibility index (Phi) is 4.24. The van der Waals surface area contributed by atoms with E-state index in [9.17, 15) is 10.1 Å². The molecule has 0 unspecified atom stereocenters. The van der Waals surface area contributed by atoms with Crippen molar-refractivity contribution in [3.63, 3.8) is 0 Å². The number of carbonyl (C=O) groups excluding carboxylic acids is 1. The number of quaternary nitrogens is 2. The van der Waals surface area contributed by atoms with Crippen LogP contribution in [-0.2, 0) is 17.6 Å². The molecule has 0 spiro atoms. The number of piperazine rings is 1. The number of nitrogens with zero attached hydrogens (tertiary/aromatic N) is 1. The molecule has 0 radical (unpaired) electrons. The van der Waals surface area contributed by atoms with E-state index in [1.54, 1.807) is 16.2 Å². The predicted molar refractivity (Wildman–Crippen MR) is 81.9 cm³/mol. The SMILES string of the molecule is C[NH+]1CC[NH+](CC(=O)Nc2sc3c(c2C#N)CCC3)CC1. The van der Waals surface area contributed by atoms with E-state index < -0.39 is 0 Å². The Hall–Kier alpha value is -1.42. The highest BCUT2D eigenvalue weighted by Gasteiger charge is 2.25. The molecule has 3 N–H and O–H groups in total. The number of rotatable bonds is 3. The van der Waals surface area contributed by atoms with Crippen molar-refractivity contribution in [1.29, 1.82) is 5.26 Å². The fraction of sp³-hybridized carbons (Fsp3) is 0.600. The molecule has 0 saturated carbocycles. The molecular formula is C15H22N4OS+2. The van der Waals surface area contributed by atoms with E-state index in [-0.39, 0.29) is 5.91 Å². The molecule has 2 aliphatic rings. The van der Waals surface area contributed by atoms with Crippen LogP contribution in [0, 0.1) is 11.3 Å². The molecule has 112 valence electrons. The quantitative estimate of drug-likeness (QED) is 0.634. The van der Waals surface area contributed by atoms with Gasteiger partial charge in [0.15, 0.2) is 6.54 Å². The number of fused-ring (bicyclic) bond motifs is 1. The van der Waals surface area contributed by atoms with Gasteiger partial charge in [-0.25, -0.2) is 0 Å². The molecule has 5 nitrogen and oxygen atoms in total. The molecule has 21 heavy (non-hydrogen) atoms. The Morgan fingerprint density at radius 1 is 1.33 bits per heavy atom. The largest absolute Gasteiger partial charge is 0.328 e. The molecule has 3 rings (SSSR count). The molecule has 6 heteroatoms. The molecule has 1 aliphatic heterocycles. The van der Waals surface area contributed by atoms with Crippen molar-refractivity contribution in [2.24, 2.45) is 0 Å². The van der Waals surface area contributed by atoms with Crippen LogP contribution in [-0.4, -0.2) is 45.7 Å². The van der Waals surface area contributed by atoms with Crippen molar-refractivity contribution in [3.05, 3.63) is 16.0 Å². The Balaban J connectivity index is 1.62. The van der Waals surface area contributed by atoms with Gasteiger partial charge in [-0.3, -0.25) is 4.79 Å². The van der Waals surface area contributed by atoms with Gasteiger partial charge < -0.3 is 15.1 Å². The van der Waals surface area contributed by atoms with Crippen LogP contribution in [0.5, 0.6) is 0 Å². The van der Waals surface area contributed by atoms with Crippen LogP contribution in [0.1, 0.15) is 22.4 Å². The zero-order chi connectivity index (χ0) is 14.8. The van der Waals surface area contributed by atoms with Gasteiger partial charge in [-0.15, -0.1) is 11.3 Å². The summed E-state index contributed by atoms with van der Waals surface area (Å²) < 4.78 is 0. The van der Waals surface area contributed by atoms with Crippen LogP contribution in [0.3, 0.4) is 0 Å². The van der Waals surface area contributed by atoms with Gasteiger partial charge >= 0.3 is 0 Å². The number of likely N-dealkylation sites (N-methyl/N-ethyl adjacent to an activating group) is 1. The van der Waals surface area contributed by atoms with Gasteiger partial charge in [-0.1, -0.05) is 0 Å². The van der Waals surface area contributed by atoms with Crippen LogP contribution in [0.25, 0.3) is 0 Å². The summed E-state index contributed by atoms with van der Waals surface area (Å²) in [7, 11) is 2.20. The average Bonchev–Trinajstić information content (AvgIpc) is 3.01. The van der Waals surface area contributed by atoms with Crippen molar-refractivity contribution in [3.8, 4) is 6.07 Å². The van der Waals surface area contributed by atoms with Crippen LogP contribution in [0.4, 0.5) is 5.00 Å². The Labute approximate surface area is 129 Å². The third-order valence-corrected chi connectivity index (χ3v) is 5.71. The number of carbonyl (C=O) groups is 1. The lowest BCUT2D eigenvalue weighted by Gasteiger charge is -2.26. The van der Waals surface area contributed by atoms with Crippen LogP contribution in [0.15, 0.2) is 0 Å². The summed E-state index contributed by atoms with van der Waals surface area (Å²) in [4.78, 5) is 16.4. The smallest absolute Gasteiger partial charge is 0.280 e. The van der Waals surface area contributed by atoms with Crippen LogP contribution < -0.4 is 15.1 Å². The Morgan fingerprint density at radius 2 is 2.10 bits per heavy atom. The first kappa shape index (κ1) is 14.5. The van der Waals surface area contributed by atoms with Gasteiger partial charge in [0, 0.05) is 4.88 Å². The molecule has 0 atom stereocenters. The monoisotopic (exact) mass is 306 g/mol. The third-order valence-electron chi connectivity index (χ3n) is 4.51. The summed E-state index contributed by atoms with van der Waals surface area (Å²) in [6.07, 6.45) is 3.17. The summed E-state index contributed by atoms with van der Waals surface area (Å²) >= 11 is 1.60.